The number of carbonyl (C=O) groups is 2. The minimum absolute atomic E-state index is 0.0351. The van der Waals surface area contributed by atoms with E-state index in [0.29, 0.717) is 6.42 Å². The second-order valence-electron chi connectivity index (χ2n) is 8.02. The number of para-hydroxylation sites is 1. The van der Waals surface area contributed by atoms with E-state index in [1.807, 2.05) is 18.2 Å². The molecule has 2 saturated heterocycles. The molecule has 0 saturated carbocycles. The zero-order chi connectivity index (χ0) is 19.4. The van der Waals surface area contributed by atoms with Crippen molar-refractivity contribution >= 4 is 25.8 Å². The Labute approximate surface area is 161 Å². The van der Waals surface area contributed by atoms with Crippen molar-refractivity contribution in [2.75, 3.05) is 5.32 Å². The molecule has 7 heteroatoms. The molecule has 3 aliphatic rings. The van der Waals surface area contributed by atoms with E-state index < -0.39 is 26.0 Å². The number of anilines is 1. The molecule has 3 aliphatic heterocycles. The van der Waals surface area contributed by atoms with E-state index in [0.717, 1.165) is 29.4 Å². The Morgan fingerprint density at radius 2 is 1.81 bits per heavy atom. The molecule has 1 aromatic carbocycles. The van der Waals surface area contributed by atoms with Crippen LogP contribution in [-0.4, -0.2) is 43.3 Å². The van der Waals surface area contributed by atoms with Gasteiger partial charge in [0.15, 0.2) is 8.32 Å². The molecule has 0 radical (unpaired) electrons. The lowest BCUT2D eigenvalue weighted by molar-refractivity contribution is -0.148. The summed E-state index contributed by atoms with van der Waals surface area (Å²) in [5.41, 5.74) is 1.45. The van der Waals surface area contributed by atoms with Crippen molar-refractivity contribution < 1.29 is 14.0 Å². The Bertz CT molecular complexity index is 773. The zero-order valence-corrected chi connectivity index (χ0v) is 17.5. The molecule has 3 heterocycles. The standard InChI is InChI=1S/C20H29N3O3Si/c1-5-27(6-2,7-3)26-20-12-16-17(24)21-13(4)18(25)23(16)19(20)22-15-11-9-8-10-14(15)20/h8-11,13,16,19,22H,5-7,12H2,1-4H3,(H,21,24)/t13-,16-,19-,20+/m0/s1. The molecular formula is C20H29N3O3Si. The predicted octanol–water partition coefficient (Wildman–Crippen LogP) is 2.77. The lowest BCUT2D eigenvalue weighted by Crippen LogP contribution is -2.63. The number of benzene rings is 1. The molecule has 2 fully saturated rings. The fourth-order valence-electron chi connectivity index (χ4n) is 5.07. The Hall–Kier alpha value is -1.86. The summed E-state index contributed by atoms with van der Waals surface area (Å²) in [5.74, 6) is -0.109. The Kier molecular flexibility index (Phi) is 4.34. The summed E-state index contributed by atoms with van der Waals surface area (Å²) < 4.78 is 7.11. The van der Waals surface area contributed by atoms with Crippen molar-refractivity contribution in [3.05, 3.63) is 29.8 Å². The molecule has 0 spiro atoms. The number of carbonyl (C=O) groups excluding carboxylic acids is 2. The second-order valence-corrected chi connectivity index (χ2v) is 12.7. The number of rotatable bonds is 5. The lowest BCUT2D eigenvalue weighted by Gasteiger charge is -2.41. The Morgan fingerprint density at radius 1 is 1.15 bits per heavy atom. The first kappa shape index (κ1) is 18.5. The zero-order valence-electron chi connectivity index (χ0n) is 16.5. The van der Waals surface area contributed by atoms with Crippen molar-refractivity contribution in [2.45, 2.75) is 76.1 Å². The molecule has 0 aliphatic carbocycles. The van der Waals surface area contributed by atoms with Crippen LogP contribution in [-0.2, 0) is 19.6 Å². The number of hydrogen-bond acceptors (Lipinski definition) is 4. The molecule has 1 aromatic rings. The lowest BCUT2D eigenvalue weighted by atomic mass is 9.91. The minimum Gasteiger partial charge on any atom is -0.403 e. The van der Waals surface area contributed by atoms with Gasteiger partial charge in [-0.25, -0.2) is 0 Å². The number of hydrogen-bond donors (Lipinski definition) is 2. The summed E-state index contributed by atoms with van der Waals surface area (Å²) >= 11 is 0. The first-order valence-corrected chi connectivity index (χ1v) is 12.6. The summed E-state index contributed by atoms with van der Waals surface area (Å²) in [6.07, 6.45) is 0.193. The summed E-state index contributed by atoms with van der Waals surface area (Å²) in [6, 6.07) is 10.2. The summed E-state index contributed by atoms with van der Waals surface area (Å²) in [7, 11) is -1.98. The monoisotopic (exact) mass is 387 g/mol. The quantitative estimate of drug-likeness (QED) is 0.762. The molecule has 0 unspecified atom stereocenters. The number of nitrogens with zero attached hydrogens (tertiary/aromatic N) is 1. The molecule has 2 amide bonds. The maximum Gasteiger partial charge on any atom is 0.247 e. The highest BCUT2D eigenvalue weighted by Crippen LogP contribution is 2.54. The van der Waals surface area contributed by atoms with Crippen LogP contribution in [0.5, 0.6) is 0 Å². The van der Waals surface area contributed by atoms with Crippen LogP contribution in [0.15, 0.2) is 24.3 Å². The van der Waals surface area contributed by atoms with Crippen LogP contribution in [0.3, 0.4) is 0 Å². The van der Waals surface area contributed by atoms with Gasteiger partial charge in [0.1, 0.15) is 23.9 Å². The molecule has 4 atom stereocenters. The van der Waals surface area contributed by atoms with Crippen molar-refractivity contribution in [3.63, 3.8) is 0 Å². The van der Waals surface area contributed by atoms with Crippen molar-refractivity contribution in [1.82, 2.24) is 10.2 Å². The van der Waals surface area contributed by atoms with Gasteiger partial charge in [-0.1, -0.05) is 39.0 Å². The highest BCUT2D eigenvalue weighted by atomic mass is 28.4. The first-order chi connectivity index (χ1) is 12.9. The number of amides is 2. The van der Waals surface area contributed by atoms with E-state index in [2.05, 4.69) is 37.5 Å². The fourth-order valence-corrected chi connectivity index (χ4v) is 8.08. The minimum atomic E-state index is -1.98. The van der Waals surface area contributed by atoms with E-state index >= 15 is 0 Å². The van der Waals surface area contributed by atoms with Crippen LogP contribution in [0.1, 0.15) is 39.7 Å². The van der Waals surface area contributed by atoms with Crippen LogP contribution in [0, 0.1) is 0 Å². The average Bonchev–Trinajstić information content (AvgIpc) is 3.15. The third-order valence-corrected chi connectivity index (χ3v) is 11.5. The van der Waals surface area contributed by atoms with Gasteiger partial charge in [0.05, 0.1) is 0 Å². The number of nitrogens with one attached hydrogen (secondary N) is 2. The van der Waals surface area contributed by atoms with Gasteiger partial charge >= 0.3 is 0 Å². The van der Waals surface area contributed by atoms with E-state index in [1.54, 1.807) is 11.8 Å². The number of fused-ring (bicyclic) bond motifs is 5. The molecular weight excluding hydrogens is 358 g/mol. The molecule has 0 aromatic heterocycles. The maximum atomic E-state index is 13.0. The molecule has 27 heavy (non-hydrogen) atoms. The van der Waals surface area contributed by atoms with Crippen LogP contribution in [0.4, 0.5) is 5.69 Å². The topological polar surface area (TPSA) is 70.7 Å². The Balaban J connectivity index is 1.84. The van der Waals surface area contributed by atoms with Gasteiger partial charge in [-0.3, -0.25) is 9.59 Å². The third-order valence-electron chi connectivity index (χ3n) is 6.85. The van der Waals surface area contributed by atoms with Gasteiger partial charge in [0, 0.05) is 17.7 Å². The molecule has 0 bridgehead atoms. The van der Waals surface area contributed by atoms with Gasteiger partial charge in [-0.2, -0.15) is 0 Å². The summed E-state index contributed by atoms with van der Waals surface area (Å²) in [6.45, 7) is 8.38. The highest BCUT2D eigenvalue weighted by molar-refractivity contribution is 6.73. The van der Waals surface area contributed by atoms with Crippen molar-refractivity contribution in [1.29, 1.82) is 0 Å². The SMILES string of the molecule is CC[Si](CC)(CC)O[C@@]12C[C@H]3C(=O)N[C@@H](C)C(=O)N3[C@@H]1Nc1ccccc12. The maximum absolute atomic E-state index is 13.0. The molecule has 6 nitrogen and oxygen atoms in total. The smallest absolute Gasteiger partial charge is 0.247 e. The van der Waals surface area contributed by atoms with E-state index in [-0.39, 0.29) is 18.0 Å². The second kappa shape index (κ2) is 6.34. The predicted molar refractivity (Wildman–Crippen MR) is 107 cm³/mol. The normalized spacial score (nSPS) is 31.9. The van der Waals surface area contributed by atoms with Gasteiger partial charge in [0.2, 0.25) is 11.8 Å². The molecule has 146 valence electrons. The number of piperazine rings is 1. The van der Waals surface area contributed by atoms with Gasteiger partial charge in [-0.05, 0) is 31.1 Å². The van der Waals surface area contributed by atoms with Gasteiger partial charge in [0.25, 0.3) is 0 Å². The van der Waals surface area contributed by atoms with Crippen LogP contribution >= 0.6 is 0 Å². The average molecular weight is 388 g/mol. The van der Waals surface area contributed by atoms with E-state index in [9.17, 15) is 9.59 Å². The molecule has 4 rings (SSSR count). The Morgan fingerprint density at radius 3 is 2.48 bits per heavy atom. The largest absolute Gasteiger partial charge is 0.403 e. The molecule has 2 N–H and O–H groups in total. The highest BCUT2D eigenvalue weighted by Gasteiger charge is 2.64. The van der Waals surface area contributed by atoms with Gasteiger partial charge in [-0.15, -0.1) is 0 Å². The fraction of sp³-hybridized carbons (Fsp3) is 0.600. The van der Waals surface area contributed by atoms with Crippen molar-refractivity contribution in [3.8, 4) is 0 Å². The van der Waals surface area contributed by atoms with Crippen LogP contribution < -0.4 is 10.6 Å². The van der Waals surface area contributed by atoms with Crippen molar-refractivity contribution in [2.24, 2.45) is 0 Å². The van der Waals surface area contributed by atoms with Gasteiger partial charge < -0.3 is 20.0 Å². The first-order valence-electron chi connectivity index (χ1n) is 10.1. The van der Waals surface area contributed by atoms with Crippen LogP contribution in [0.25, 0.3) is 0 Å². The van der Waals surface area contributed by atoms with E-state index in [1.165, 1.54) is 0 Å². The summed E-state index contributed by atoms with van der Waals surface area (Å²) in [5, 5.41) is 6.36. The van der Waals surface area contributed by atoms with Crippen LogP contribution in [0.2, 0.25) is 18.1 Å². The van der Waals surface area contributed by atoms with E-state index in [4.69, 9.17) is 4.43 Å². The third kappa shape index (κ3) is 2.47. The summed E-state index contributed by atoms with van der Waals surface area (Å²) in [4.78, 5) is 27.5.